The fourth-order valence-electron chi connectivity index (χ4n) is 1.54. The van der Waals surface area contributed by atoms with Crippen molar-refractivity contribution in [2.75, 3.05) is 13.1 Å². The number of halogens is 1. The number of carbonyl (C=O) groups is 1. The molecule has 14 heavy (non-hydrogen) atoms. The quantitative estimate of drug-likeness (QED) is 0.779. The van der Waals surface area contributed by atoms with Crippen molar-refractivity contribution >= 4 is 28.7 Å². The average molecular weight is 231 g/mol. The SMILES string of the molecule is O=C1CCN(Cc2cnc(Cl)s2)CC1. The number of likely N-dealkylation sites (tertiary alicyclic amines) is 1. The first-order valence-corrected chi connectivity index (χ1v) is 5.78. The lowest BCUT2D eigenvalue weighted by Crippen LogP contribution is -2.32. The van der Waals surface area contributed by atoms with Crippen LogP contribution in [0.2, 0.25) is 4.47 Å². The van der Waals surface area contributed by atoms with Gasteiger partial charge in [-0.3, -0.25) is 9.69 Å². The van der Waals surface area contributed by atoms with Gasteiger partial charge in [-0.1, -0.05) is 11.6 Å². The summed E-state index contributed by atoms with van der Waals surface area (Å²) in [6, 6.07) is 0. The second-order valence-electron chi connectivity index (χ2n) is 3.39. The highest BCUT2D eigenvalue weighted by molar-refractivity contribution is 7.15. The third-order valence-corrected chi connectivity index (χ3v) is 3.42. The fraction of sp³-hybridized carbons (Fsp3) is 0.556. The summed E-state index contributed by atoms with van der Waals surface area (Å²) in [6.07, 6.45) is 3.18. The molecule has 2 heterocycles. The number of rotatable bonds is 2. The van der Waals surface area contributed by atoms with Crippen LogP contribution < -0.4 is 0 Å². The first-order chi connectivity index (χ1) is 6.74. The van der Waals surface area contributed by atoms with Gasteiger partial charge in [-0.2, -0.15) is 0 Å². The van der Waals surface area contributed by atoms with E-state index in [4.69, 9.17) is 11.6 Å². The topological polar surface area (TPSA) is 33.2 Å². The van der Waals surface area contributed by atoms with Gasteiger partial charge in [-0.25, -0.2) is 4.98 Å². The predicted octanol–water partition coefficient (Wildman–Crippen LogP) is 1.96. The highest BCUT2D eigenvalue weighted by atomic mass is 35.5. The molecule has 0 unspecified atom stereocenters. The lowest BCUT2D eigenvalue weighted by molar-refractivity contribution is -0.121. The molecule has 1 aliphatic heterocycles. The molecule has 0 saturated carbocycles. The number of piperidine rings is 1. The molecule has 3 nitrogen and oxygen atoms in total. The third kappa shape index (κ3) is 2.53. The van der Waals surface area contributed by atoms with E-state index in [1.807, 2.05) is 6.20 Å². The summed E-state index contributed by atoms with van der Waals surface area (Å²) in [5.41, 5.74) is 0. The van der Waals surface area contributed by atoms with Crippen LogP contribution in [0.4, 0.5) is 0 Å². The van der Waals surface area contributed by atoms with E-state index >= 15 is 0 Å². The van der Waals surface area contributed by atoms with Crippen molar-refractivity contribution in [3.63, 3.8) is 0 Å². The molecule has 0 amide bonds. The Kier molecular flexibility index (Phi) is 3.15. The van der Waals surface area contributed by atoms with Crippen LogP contribution in [0.3, 0.4) is 0 Å². The molecular weight excluding hydrogens is 220 g/mol. The average Bonchev–Trinajstić information content (AvgIpc) is 2.56. The van der Waals surface area contributed by atoms with E-state index in [0.29, 0.717) is 23.1 Å². The van der Waals surface area contributed by atoms with Gasteiger partial charge in [-0.15, -0.1) is 11.3 Å². The minimum Gasteiger partial charge on any atom is -0.300 e. The molecule has 76 valence electrons. The molecule has 0 atom stereocenters. The van der Waals surface area contributed by atoms with Gasteiger partial charge in [0.2, 0.25) is 0 Å². The van der Waals surface area contributed by atoms with Crippen molar-refractivity contribution in [1.82, 2.24) is 9.88 Å². The number of nitrogens with zero attached hydrogens (tertiary/aromatic N) is 2. The Morgan fingerprint density at radius 2 is 2.21 bits per heavy atom. The molecular formula is C9H11ClN2OS. The standard InChI is InChI=1S/C9H11ClN2OS/c10-9-11-5-8(14-9)6-12-3-1-7(13)2-4-12/h5H,1-4,6H2. The lowest BCUT2D eigenvalue weighted by atomic mass is 10.1. The highest BCUT2D eigenvalue weighted by Gasteiger charge is 2.16. The van der Waals surface area contributed by atoms with Gasteiger partial charge in [0, 0.05) is 43.5 Å². The van der Waals surface area contributed by atoms with Crippen molar-refractivity contribution in [3.8, 4) is 0 Å². The van der Waals surface area contributed by atoms with Crippen LogP contribution in [0.1, 0.15) is 17.7 Å². The van der Waals surface area contributed by atoms with Gasteiger partial charge in [0.25, 0.3) is 0 Å². The minimum absolute atomic E-state index is 0.378. The zero-order valence-electron chi connectivity index (χ0n) is 7.70. The Labute approximate surface area is 91.7 Å². The molecule has 1 fully saturated rings. The van der Waals surface area contributed by atoms with Crippen molar-refractivity contribution in [2.45, 2.75) is 19.4 Å². The molecule has 5 heteroatoms. The van der Waals surface area contributed by atoms with Gasteiger partial charge in [-0.05, 0) is 0 Å². The lowest BCUT2D eigenvalue weighted by Gasteiger charge is -2.24. The summed E-state index contributed by atoms with van der Waals surface area (Å²) in [7, 11) is 0. The van der Waals surface area contributed by atoms with Gasteiger partial charge in [0.1, 0.15) is 5.78 Å². The Morgan fingerprint density at radius 1 is 1.50 bits per heavy atom. The maximum absolute atomic E-state index is 11.0. The fourth-order valence-corrected chi connectivity index (χ4v) is 2.56. The molecule has 1 saturated heterocycles. The number of Topliss-reactive ketones (excluding diaryl/α,β-unsaturated/α-hetero) is 1. The zero-order chi connectivity index (χ0) is 9.97. The Morgan fingerprint density at radius 3 is 2.79 bits per heavy atom. The number of hydrogen-bond donors (Lipinski definition) is 0. The third-order valence-electron chi connectivity index (χ3n) is 2.32. The first kappa shape index (κ1) is 10.1. The summed E-state index contributed by atoms with van der Waals surface area (Å²) in [4.78, 5) is 18.4. The van der Waals surface area contributed by atoms with Crippen LogP contribution >= 0.6 is 22.9 Å². The first-order valence-electron chi connectivity index (χ1n) is 4.58. The maximum atomic E-state index is 11.0. The van der Waals surface area contributed by atoms with Crippen LogP contribution in [0.5, 0.6) is 0 Å². The summed E-state index contributed by atoms with van der Waals surface area (Å²) in [5.74, 6) is 0.378. The molecule has 0 bridgehead atoms. The van der Waals surface area contributed by atoms with Gasteiger partial charge >= 0.3 is 0 Å². The molecule has 0 spiro atoms. The van der Waals surface area contributed by atoms with Crippen LogP contribution in [0.15, 0.2) is 6.20 Å². The molecule has 1 aliphatic rings. The Balaban J connectivity index is 1.89. The number of carbonyl (C=O) groups excluding carboxylic acids is 1. The normalized spacial score (nSPS) is 18.8. The second-order valence-corrected chi connectivity index (χ2v) is 5.09. The van der Waals surface area contributed by atoms with Gasteiger partial charge in [0.15, 0.2) is 4.47 Å². The highest BCUT2D eigenvalue weighted by Crippen LogP contribution is 2.20. The van der Waals surface area contributed by atoms with E-state index in [1.165, 1.54) is 16.2 Å². The monoisotopic (exact) mass is 230 g/mol. The van der Waals surface area contributed by atoms with Crippen LogP contribution in [-0.2, 0) is 11.3 Å². The van der Waals surface area contributed by atoms with E-state index in [0.717, 1.165) is 19.6 Å². The van der Waals surface area contributed by atoms with Crippen LogP contribution in [0.25, 0.3) is 0 Å². The Hall–Kier alpha value is -0.450. The summed E-state index contributed by atoms with van der Waals surface area (Å²) >= 11 is 7.25. The predicted molar refractivity (Wildman–Crippen MR) is 56.6 cm³/mol. The number of thiazole rings is 1. The summed E-state index contributed by atoms with van der Waals surface area (Å²) in [6.45, 7) is 2.61. The van der Waals surface area contributed by atoms with Crippen LogP contribution in [-0.4, -0.2) is 28.8 Å². The molecule has 1 aromatic rings. The summed E-state index contributed by atoms with van der Waals surface area (Å²) in [5, 5.41) is 0. The van der Waals surface area contributed by atoms with Gasteiger partial charge < -0.3 is 0 Å². The summed E-state index contributed by atoms with van der Waals surface area (Å²) < 4.78 is 0.591. The zero-order valence-corrected chi connectivity index (χ0v) is 9.27. The number of hydrogen-bond acceptors (Lipinski definition) is 4. The molecule has 1 aromatic heterocycles. The molecule has 0 aromatic carbocycles. The van der Waals surface area contributed by atoms with E-state index in [9.17, 15) is 4.79 Å². The van der Waals surface area contributed by atoms with E-state index in [2.05, 4.69) is 9.88 Å². The Bertz CT molecular complexity index is 329. The number of aromatic nitrogens is 1. The van der Waals surface area contributed by atoms with Crippen molar-refractivity contribution < 1.29 is 4.79 Å². The second kappa shape index (κ2) is 4.38. The minimum atomic E-state index is 0.378. The van der Waals surface area contributed by atoms with Gasteiger partial charge in [0.05, 0.1) is 0 Å². The molecule has 2 rings (SSSR count). The van der Waals surface area contributed by atoms with Crippen molar-refractivity contribution in [2.24, 2.45) is 0 Å². The molecule has 0 radical (unpaired) electrons. The molecule has 0 aliphatic carbocycles. The largest absolute Gasteiger partial charge is 0.300 e. The van der Waals surface area contributed by atoms with E-state index in [-0.39, 0.29) is 0 Å². The smallest absolute Gasteiger partial charge is 0.183 e. The van der Waals surface area contributed by atoms with Crippen molar-refractivity contribution in [3.05, 3.63) is 15.5 Å². The van der Waals surface area contributed by atoms with E-state index in [1.54, 1.807) is 0 Å². The van der Waals surface area contributed by atoms with E-state index < -0.39 is 0 Å². The number of ketones is 1. The maximum Gasteiger partial charge on any atom is 0.183 e. The van der Waals surface area contributed by atoms with Crippen LogP contribution in [0, 0.1) is 0 Å². The molecule has 0 N–H and O–H groups in total. The van der Waals surface area contributed by atoms with Crippen molar-refractivity contribution in [1.29, 1.82) is 0 Å².